The topological polar surface area (TPSA) is 119 Å². The van der Waals surface area contributed by atoms with Crippen molar-refractivity contribution in [1.29, 1.82) is 0 Å². The molecule has 3 fully saturated rings. The number of pyridine rings is 1. The van der Waals surface area contributed by atoms with E-state index >= 15 is 4.39 Å². The Morgan fingerprint density at radius 1 is 1.16 bits per heavy atom. The van der Waals surface area contributed by atoms with E-state index in [-0.39, 0.29) is 43.0 Å². The van der Waals surface area contributed by atoms with Crippen molar-refractivity contribution in [2.75, 3.05) is 50.9 Å². The van der Waals surface area contributed by atoms with Crippen LogP contribution in [0.2, 0.25) is 0 Å². The Hall–Kier alpha value is -4.13. The summed E-state index contributed by atoms with van der Waals surface area (Å²) in [6.07, 6.45) is 5.91. The minimum Gasteiger partial charge on any atom is -0.461 e. The molecule has 9 rings (SSSR count). The number of carbonyl (C=O) groups is 1. The third-order valence-corrected chi connectivity index (χ3v) is 10.0. The number of aromatic amines is 1. The molecular weight excluding hydrogens is 584 g/mol. The van der Waals surface area contributed by atoms with Gasteiger partial charge >= 0.3 is 12.2 Å². The number of benzene rings is 1. The van der Waals surface area contributed by atoms with Crippen LogP contribution in [0.1, 0.15) is 43.2 Å². The molecule has 5 aliphatic rings. The van der Waals surface area contributed by atoms with Crippen LogP contribution in [0, 0.1) is 18.7 Å². The third kappa shape index (κ3) is 4.91. The molecule has 0 amide bonds. The lowest BCUT2D eigenvalue weighted by molar-refractivity contribution is 0.0432. The fraction of sp³-hybridized carbons (Fsp3) is 0.531. The van der Waals surface area contributed by atoms with Crippen LogP contribution in [0.15, 0.2) is 18.5 Å². The van der Waals surface area contributed by atoms with Crippen molar-refractivity contribution < 1.29 is 27.8 Å². The van der Waals surface area contributed by atoms with Crippen molar-refractivity contribution in [3.05, 3.63) is 35.4 Å². The van der Waals surface area contributed by atoms with E-state index in [0.29, 0.717) is 54.6 Å². The molecule has 0 unspecified atom stereocenters. The molecule has 0 saturated carbocycles. The van der Waals surface area contributed by atoms with Gasteiger partial charge in [-0.05, 0) is 56.3 Å². The summed E-state index contributed by atoms with van der Waals surface area (Å²) in [4.78, 5) is 30.9. The number of piperidine rings is 1. The predicted molar refractivity (Wildman–Crippen MR) is 162 cm³/mol. The quantitative estimate of drug-likeness (QED) is 0.318. The summed E-state index contributed by atoms with van der Waals surface area (Å²) < 4.78 is 48.7. The average molecular weight is 620 g/mol. The lowest BCUT2D eigenvalue weighted by atomic mass is 9.93. The van der Waals surface area contributed by atoms with Gasteiger partial charge in [0.1, 0.15) is 29.8 Å². The Balaban J connectivity index is 1.29. The molecule has 236 valence electrons. The van der Waals surface area contributed by atoms with Gasteiger partial charge in [0.2, 0.25) is 0 Å². The summed E-state index contributed by atoms with van der Waals surface area (Å²) in [5.74, 6) is -0.0450. The molecule has 0 spiro atoms. The first-order valence-electron chi connectivity index (χ1n) is 15.8. The molecule has 13 heteroatoms. The van der Waals surface area contributed by atoms with Gasteiger partial charge in [0.25, 0.3) is 0 Å². The SMILES string of the molecule is Cc1cc2[nH]ncc2c2c1CCOC(=O)OC[C@@H]1CCCN(C1)c1nc(OC[C@@]34CCCN3C[C@H](F)C4)nc3c(F)c-2ncc13. The number of alkyl halides is 1. The van der Waals surface area contributed by atoms with E-state index in [1.54, 1.807) is 12.4 Å². The van der Waals surface area contributed by atoms with E-state index < -0.39 is 23.7 Å². The van der Waals surface area contributed by atoms with Crippen LogP contribution in [0.5, 0.6) is 6.01 Å². The first kappa shape index (κ1) is 28.4. The summed E-state index contributed by atoms with van der Waals surface area (Å²) in [5, 5.41) is 8.35. The highest BCUT2D eigenvalue weighted by atomic mass is 19.1. The highest BCUT2D eigenvalue weighted by Crippen LogP contribution is 2.42. The molecule has 3 aromatic heterocycles. The molecule has 1 N–H and O–H groups in total. The third-order valence-electron chi connectivity index (χ3n) is 10.0. The number of aromatic nitrogens is 5. The van der Waals surface area contributed by atoms with E-state index in [2.05, 4.69) is 30.0 Å². The van der Waals surface area contributed by atoms with Crippen LogP contribution in [-0.2, 0) is 15.9 Å². The number of carbonyl (C=O) groups excluding carboxylic acids is 1. The number of hydrogen-bond donors (Lipinski definition) is 1. The number of nitrogens with zero attached hydrogens (tertiary/aromatic N) is 6. The van der Waals surface area contributed by atoms with Gasteiger partial charge in [-0.1, -0.05) is 0 Å². The zero-order valence-electron chi connectivity index (χ0n) is 25.2. The lowest BCUT2D eigenvalue weighted by Crippen LogP contribution is -2.43. The highest BCUT2D eigenvalue weighted by Gasteiger charge is 2.49. The van der Waals surface area contributed by atoms with Gasteiger partial charge in [0.05, 0.1) is 35.9 Å². The number of hydrogen-bond acceptors (Lipinski definition) is 10. The number of aryl methyl sites for hydroxylation is 1. The van der Waals surface area contributed by atoms with Crippen molar-refractivity contribution in [1.82, 2.24) is 30.0 Å². The van der Waals surface area contributed by atoms with Gasteiger partial charge in [0, 0.05) is 55.5 Å². The van der Waals surface area contributed by atoms with Gasteiger partial charge in [-0.3, -0.25) is 15.0 Å². The molecule has 8 heterocycles. The second-order valence-electron chi connectivity index (χ2n) is 12.9. The molecule has 1 aromatic carbocycles. The zero-order chi connectivity index (χ0) is 30.7. The van der Waals surface area contributed by atoms with Gasteiger partial charge in [-0.25, -0.2) is 13.6 Å². The Bertz CT molecular complexity index is 1800. The Morgan fingerprint density at radius 3 is 2.98 bits per heavy atom. The second kappa shape index (κ2) is 11.0. The average Bonchev–Trinajstić information content (AvgIpc) is 3.73. The van der Waals surface area contributed by atoms with E-state index in [0.717, 1.165) is 48.9 Å². The summed E-state index contributed by atoms with van der Waals surface area (Å²) in [6.45, 7) is 4.87. The molecule has 0 radical (unpaired) electrons. The Kier molecular flexibility index (Phi) is 6.95. The molecule has 4 aromatic rings. The first-order valence-corrected chi connectivity index (χ1v) is 15.8. The fourth-order valence-electron chi connectivity index (χ4n) is 7.87. The van der Waals surface area contributed by atoms with Gasteiger partial charge in [-0.2, -0.15) is 15.1 Å². The van der Waals surface area contributed by atoms with Crippen LogP contribution < -0.4 is 9.64 Å². The molecule has 3 saturated heterocycles. The number of H-pyrrole nitrogens is 1. The minimum absolute atomic E-state index is 0.0360. The van der Waals surface area contributed by atoms with Gasteiger partial charge in [0.15, 0.2) is 5.82 Å². The summed E-state index contributed by atoms with van der Waals surface area (Å²) >= 11 is 0. The van der Waals surface area contributed by atoms with Crippen molar-refractivity contribution >= 4 is 33.8 Å². The highest BCUT2D eigenvalue weighted by molar-refractivity contribution is 5.99. The van der Waals surface area contributed by atoms with Gasteiger partial charge < -0.3 is 19.1 Å². The number of fused-ring (bicyclic) bond motifs is 8. The Morgan fingerprint density at radius 2 is 2.07 bits per heavy atom. The maximum absolute atomic E-state index is 17.0. The van der Waals surface area contributed by atoms with Crippen LogP contribution >= 0.6 is 0 Å². The van der Waals surface area contributed by atoms with Crippen molar-refractivity contribution in [2.24, 2.45) is 5.92 Å². The Labute approximate surface area is 258 Å². The monoisotopic (exact) mass is 619 g/mol. The number of nitrogens with one attached hydrogen (secondary N) is 1. The van der Waals surface area contributed by atoms with Crippen LogP contribution in [0.25, 0.3) is 33.1 Å². The van der Waals surface area contributed by atoms with Crippen molar-refractivity contribution in [3.8, 4) is 17.3 Å². The van der Waals surface area contributed by atoms with Crippen LogP contribution in [0.4, 0.5) is 19.4 Å². The minimum atomic E-state index is -0.895. The zero-order valence-corrected chi connectivity index (χ0v) is 25.2. The molecule has 6 bridgehead atoms. The van der Waals surface area contributed by atoms with E-state index in [1.807, 2.05) is 13.0 Å². The van der Waals surface area contributed by atoms with Crippen LogP contribution in [-0.4, -0.2) is 93.9 Å². The summed E-state index contributed by atoms with van der Waals surface area (Å²) in [5.41, 5.74) is 2.77. The van der Waals surface area contributed by atoms with Crippen LogP contribution in [0.3, 0.4) is 0 Å². The van der Waals surface area contributed by atoms with Crippen molar-refractivity contribution in [3.63, 3.8) is 0 Å². The van der Waals surface area contributed by atoms with E-state index in [9.17, 15) is 9.18 Å². The molecule has 0 aliphatic carbocycles. The molecule has 3 atom stereocenters. The van der Waals surface area contributed by atoms with Crippen molar-refractivity contribution in [2.45, 2.75) is 57.2 Å². The predicted octanol–water partition coefficient (Wildman–Crippen LogP) is 4.90. The van der Waals surface area contributed by atoms with Gasteiger partial charge in [-0.15, -0.1) is 0 Å². The standard InChI is InChI=1S/C32H35F2N7O4/c1-18-10-24-22(13-36-39-24)25-21(18)5-9-43-31(42)44-16-19-4-2-7-40(14-19)29-23-12-35-28(25)26(34)27(23)37-30(38-29)45-17-32-6-3-8-41(32)15-20(33)11-32/h10,12-13,19-20H,2-9,11,14-17H2,1H3,(H,36,39)/t19-,20-,32+/m1/s1. The summed E-state index contributed by atoms with van der Waals surface area (Å²) in [6, 6.07) is 1.99. The molecule has 5 aliphatic heterocycles. The first-order chi connectivity index (χ1) is 21.9. The summed E-state index contributed by atoms with van der Waals surface area (Å²) in [7, 11) is 0. The fourth-order valence-corrected chi connectivity index (χ4v) is 7.87. The lowest BCUT2D eigenvalue weighted by Gasteiger charge is -2.34. The second-order valence-corrected chi connectivity index (χ2v) is 12.9. The largest absolute Gasteiger partial charge is 0.508 e. The maximum atomic E-state index is 17.0. The molecule has 45 heavy (non-hydrogen) atoms. The van der Waals surface area contributed by atoms with E-state index in [4.69, 9.17) is 19.2 Å². The smallest absolute Gasteiger partial charge is 0.461 e. The van der Waals surface area contributed by atoms with E-state index in [1.165, 1.54) is 0 Å². The normalized spacial score (nSPS) is 25.5. The number of anilines is 1. The molecular formula is C32H35F2N7O4. The number of rotatable bonds is 3. The maximum Gasteiger partial charge on any atom is 0.508 e. The number of halogens is 2. The number of ether oxygens (including phenoxy) is 3. The molecule has 11 nitrogen and oxygen atoms in total.